The summed E-state index contributed by atoms with van der Waals surface area (Å²) < 4.78 is 16.1. The van der Waals surface area contributed by atoms with Crippen molar-refractivity contribution in [2.45, 2.75) is 32.0 Å². The minimum atomic E-state index is 0.365. The largest absolute Gasteiger partial charge is 0.497 e. The molecular weight excluding hydrogens is 256 g/mol. The molecule has 0 radical (unpaired) electrons. The molecule has 5 heteroatoms. The predicted molar refractivity (Wildman–Crippen MR) is 73.7 cm³/mol. The Bertz CT molecular complexity index is 550. The summed E-state index contributed by atoms with van der Waals surface area (Å²) >= 11 is 0. The van der Waals surface area contributed by atoms with Crippen LogP contribution in [0.1, 0.15) is 24.2 Å². The van der Waals surface area contributed by atoms with Crippen LogP contribution < -0.4 is 14.8 Å². The zero-order valence-electron chi connectivity index (χ0n) is 11.5. The molecule has 5 nitrogen and oxygen atoms in total. The molecule has 0 atom stereocenters. The first-order chi connectivity index (χ1) is 9.85. The fourth-order valence-electron chi connectivity index (χ4n) is 1.95. The first-order valence-electron chi connectivity index (χ1n) is 6.78. The zero-order valence-corrected chi connectivity index (χ0v) is 11.5. The number of hydrogen-bond acceptors (Lipinski definition) is 5. The highest BCUT2D eigenvalue weighted by atomic mass is 16.5. The van der Waals surface area contributed by atoms with Crippen molar-refractivity contribution in [3.63, 3.8) is 0 Å². The van der Waals surface area contributed by atoms with Crippen molar-refractivity contribution in [1.29, 1.82) is 0 Å². The Hall–Kier alpha value is -2.01. The number of hydrogen-bond donors (Lipinski definition) is 1. The summed E-state index contributed by atoms with van der Waals surface area (Å²) in [6.45, 7) is 1.17. The van der Waals surface area contributed by atoms with Gasteiger partial charge in [-0.3, -0.25) is 0 Å². The number of nitrogens with zero attached hydrogens (tertiary/aromatic N) is 1. The maximum Gasteiger partial charge on any atom is 0.174 e. The molecule has 2 aromatic rings. The van der Waals surface area contributed by atoms with Crippen molar-refractivity contribution in [3.05, 3.63) is 41.8 Å². The second-order valence-electron chi connectivity index (χ2n) is 4.90. The van der Waals surface area contributed by atoms with Crippen molar-refractivity contribution in [2.24, 2.45) is 0 Å². The van der Waals surface area contributed by atoms with Crippen molar-refractivity contribution in [1.82, 2.24) is 10.5 Å². The van der Waals surface area contributed by atoms with Gasteiger partial charge in [0, 0.05) is 30.3 Å². The average Bonchev–Trinajstić information content (AvgIpc) is 3.17. The summed E-state index contributed by atoms with van der Waals surface area (Å²) in [5.41, 5.74) is 1.12. The van der Waals surface area contributed by atoms with Crippen LogP contribution in [0.25, 0.3) is 0 Å². The van der Waals surface area contributed by atoms with E-state index in [4.69, 9.17) is 14.0 Å². The van der Waals surface area contributed by atoms with Gasteiger partial charge in [-0.15, -0.1) is 0 Å². The molecule has 0 spiro atoms. The zero-order chi connectivity index (χ0) is 13.8. The number of aromatic nitrogens is 1. The van der Waals surface area contributed by atoms with Crippen LogP contribution in [0.5, 0.6) is 11.5 Å². The van der Waals surface area contributed by atoms with Crippen molar-refractivity contribution in [2.75, 3.05) is 7.11 Å². The van der Waals surface area contributed by atoms with Gasteiger partial charge in [0.25, 0.3) is 0 Å². The normalized spacial score (nSPS) is 14.2. The second kappa shape index (κ2) is 5.96. The lowest BCUT2D eigenvalue weighted by Crippen LogP contribution is -2.16. The number of methoxy groups -OCH3 is 1. The quantitative estimate of drug-likeness (QED) is 0.840. The first kappa shape index (κ1) is 13.0. The third-order valence-electron chi connectivity index (χ3n) is 3.29. The third kappa shape index (κ3) is 3.30. The molecule has 0 saturated heterocycles. The highest BCUT2D eigenvalue weighted by molar-refractivity contribution is 5.40. The fraction of sp³-hybridized carbons (Fsp3) is 0.400. The van der Waals surface area contributed by atoms with E-state index in [0.29, 0.717) is 18.4 Å². The first-order valence-corrected chi connectivity index (χ1v) is 6.78. The lowest BCUT2D eigenvalue weighted by atomic mass is 10.2. The molecule has 1 N–H and O–H groups in total. The van der Waals surface area contributed by atoms with E-state index in [9.17, 15) is 0 Å². The molecule has 1 heterocycles. The smallest absolute Gasteiger partial charge is 0.174 e. The average molecular weight is 274 g/mol. The molecular formula is C15H18N2O3. The van der Waals surface area contributed by atoms with E-state index in [2.05, 4.69) is 10.5 Å². The monoisotopic (exact) mass is 274 g/mol. The molecule has 20 heavy (non-hydrogen) atoms. The van der Waals surface area contributed by atoms with E-state index in [1.54, 1.807) is 19.4 Å². The van der Waals surface area contributed by atoms with Crippen LogP contribution >= 0.6 is 0 Å². The molecule has 1 aliphatic rings. The van der Waals surface area contributed by atoms with Crippen molar-refractivity contribution < 1.29 is 14.0 Å². The summed E-state index contributed by atoms with van der Waals surface area (Å²) in [5.74, 6) is 2.30. The second-order valence-corrected chi connectivity index (χ2v) is 4.90. The van der Waals surface area contributed by atoms with Gasteiger partial charge in [0.2, 0.25) is 0 Å². The van der Waals surface area contributed by atoms with Gasteiger partial charge in [-0.1, -0.05) is 11.2 Å². The van der Waals surface area contributed by atoms with E-state index < -0.39 is 0 Å². The van der Waals surface area contributed by atoms with E-state index in [1.807, 2.05) is 18.2 Å². The summed E-state index contributed by atoms with van der Waals surface area (Å²) in [7, 11) is 1.65. The fourth-order valence-corrected chi connectivity index (χ4v) is 1.95. The van der Waals surface area contributed by atoms with E-state index >= 15 is 0 Å². The summed E-state index contributed by atoms with van der Waals surface area (Å²) in [6.07, 6.45) is 4.15. The number of rotatable bonds is 7. The molecule has 3 rings (SSSR count). The van der Waals surface area contributed by atoms with Crippen molar-refractivity contribution >= 4 is 0 Å². The molecule has 1 saturated carbocycles. The lowest BCUT2D eigenvalue weighted by molar-refractivity contribution is 0.246. The van der Waals surface area contributed by atoms with Crippen LogP contribution in [0.4, 0.5) is 0 Å². The van der Waals surface area contributed by atoms with Gasteiger partial charge in [0.05, 0.1) is 13.3 Å². The Labute approximate surface area is 117 Å². The van der Waals surface area contributed by atoms with Gasteiger partial charge < -0.3 is 19.3 Å². The van der Waals surface area contributed by atoms with Crippen molar-refractivity contribution in [3.8, 4) is 11.5 Å². The van der Waals surface area contributed by atoms with Gasteiger partial charge in [0.15, 0.2) is 5.76 Å². The molecule has 1 aliphatic carbocycles. The minimum absolute atomic E-state index is 0.365. The van der Waals surface area contributed by atoms with Gasteiger partial charge in [0.1, 0.15) is 18.1 Å². The summed E-state index contributed by atoms with van der Waals surface area (Å²) in [6, 6.07) is 8.34. The molecule has 0 bridgehead atoms. The van der Waals surface area contributed by atoms with Gasteiger partial charge >= 0.3 is 0 Å². The summed E-state index contributed by atoms with van der Waals surface area (Å²) in [4.78, 5) is 0. The van der Waals surface area contributed by atoms with E-state index in [-0.39, 0.29) is 0 Å². The maximum absolute atomic E-state index is 5.82. The molecule has 0 amide bonds. The Morgan fingerprint density at radius 1 is 1.35 bits per heavy atom. The Morgan fingerprint density at radius 2 is 2.25 bits per heavy atom. The molecule has 0 aliphatic heterocycles. The third-order valence-corrected chi connectivity index (χ3v) is 3.29. The molecule has 1 aromatic heterocycles. The van der Waals surface area contributed by atoms with Crippen LogP contribution in [0.15, 0.2) is 35.0 Å². The number of ether oxygens (including phenoxy) is 2. The SMILES string of the molecule is COc1ccc(CNC2CC2)c(OCc2ccno2)c1. The standard InChI is InChI=1S/C15H18N2O3/c1-18-13-5-2-11(9-16-12-3-4-12)15(8-13)19-10-14-6-7-17-20-14/h2,5-8,12,16H,3-4,9-10H2,1H3. The van der Waals surface area contributed by atoms with Crippen LogP contribution in [-0.2, 0) is 13.2 Å². The van der Waals surface area contributed by atoms with E-state index in [1.165, 1.54) is 12.8 Å². The van der Waals surface area contributed by atoms with Crippen LogP contribution in [0.2, 0.25) is 0 Å². The molecule has 0 unspecified atom stereocenters. The molecule has 106 valence electrons. The Morgan fingerprint density at radius 3 is 2.95 bits per heavy atom. The molecule has 1 aromatic carbocycles. The van der Waals surface area contributed by atoms with Gasteiger partial charge in [-0.2, -0.15) is 0 Å². The Balaban J connectivity index is 1.70. The van der Waals surface area contributed by atoms with E-state index in [0.717, 1.165) is 23.6 Å². The minimum Gasteiger partial charge on any atom is -0.497 e. The number of benzene rings is 1. The topological polar surface area (TPSA) is 56.5 Å². The van der Waals surface area contributed by atoms with Gasteiger partial charge in [-0.05, 0) is 18.9 Å². The highest BCUT2D eigenvalue weighted by Gasteiger charge is 2.20. The summed E-state index contributed by atoms with van der Waals surface area (Å²) in [5, 5.41) is 7.15. The predicted octanol–water partition coefficient (Wildman–Crippen LogP) is 2.51. The highest BCUT2D eigenvalue weighted by Crippen LogP contribution is 2.27. The molecule has 1 fully saturated rings. The Kier molecular flexibility index (Phi) is 3.87. The maximum atomic E-state index is 5.82. The van der Waals surface area contributed by atoms with Crippen LogP contribution in [0, 0.1) is 0 Å². The lowest BCUT2D eigenvalue weighted by Gasteiger charge is -2.12. The number of nitrogens with one attached hydrogen (secondary N) is 1. The van der Waals surface area contributed by atoms with Gasteiger partial charge in [-0.25, -0.2) is 0 Å². The van der Waals surface area contributed by atoms with Crippen LogP contribution in [-0.4, -0.2) is 18.3 Å². The van der Waals surface area contributed by atoms with Crippen LogP contribution in [0.3, 0.4) is 0 Å².